The number of nitrogens with one attached hydrogen (secondary N) is 1. The normalized spacial score (nSPS) is 16.9. The van der Waals surface area contributed by atoms with E-state index in [2.05, 4.69) is 19.2 Å². The fraction of sp³-hybridized carbons (Fsp3) is 0.524. The molecule has 1 heterocycles. The lowest BCUT2D eigenvalue weighted by Gasteiger charge is -2.14. The molecule has 1 fully saturated rings. The van der Waals surface area contributed by atoms with Crippen molar-refractivity contribution in [2.45, 2.75) is 39.7 Å². The van der Waals surface area contributed by atoms with Crippen LogP contribution < -0.4 is 14.8 Å². The van der Waals surface area contributed by atoms with Crippen molar-refractivity contribution in [1.82, 2.24) is 5.32 Å². The summed E-state index contributed by atoms with van der Waals surface area (Å²) in [5.74, 6) is 1.26. The van der Waals surface area contributed by atoms with Crippen LogP contribution in [0.3, 0.4) is 0 Å². The van der Waals surface area contributed by atoms with E-state index in [1.165, 1.54) is 0 Å². The summed E-state index contributed by atoms with van der Waals surface area (Å²) in [6.45, 7) is 8.28. The maximum atomic E-state index is 12.3. The molecule has 6 nitrogen and oxygen atoms in total. The molecule has 6 heteroatoms. The van der Waals surface area contributed by atoms with E-state index in [0.29, 0.717) is 42.7 Å². The minimum absolute atomic E-state index is 0.0378. The van der Waals surface area contributed by atoms with Gasteiger partial charge >= 0.3 is 0 Å². The molecule has 1 amide bonds. The Hall–Kier alpha value is -2.52. The number of hydrogen-bond donors (Lipinski definition) is 1. The minimum atomic E-state index is -0.397. The standard InChI is InChI=1S/C21H28N2O4/c1-4-25-20-11-16(7-8-19(20)27-14-15(2)3)10-17(12-22)21(24)23-13-18-6-5-9-26-18/h7-8,10-11,15,18H,4-6,9,13-14H2,1-3H3,(H,23,24)/b17-10+/t18-/m1/s1. The molecule has 2 rings (SSSR count). The van der Waals surface area contributed by atoms with Crippen LogP contribution in [-0.2, 0) is 9.53 Å². The van der Waals surface area contributed by atoms with Crippen LogP contribution in [0, 0.1) is 17.2 Å². The van der Waals surface area contributed by atoms with Gasteiger partial charge in [-0.15, -0.1) is 0 Å². The molecular formula is C21H28N2O4. The highest BCUT2D eigenvalue weighted by Crippen LogP contribution is 2.29. The first-order chi connectivity index (χ1) is 13.0. The number of carbonyl (C=O) groups is 1. The molecule has 0 saturated carbocycles. The van der Waals surface area contributed by atoms with Crippen molar-refractivity contribution < 1.29 is 19.0 Å². The third kappa shape index (κ3) is 6.61. The van der Waals surface area contributed by atoms with Crippen molar-refractivity contribution in [3.05, 3.63) is 29.3 Å². The van der Waals surface area contributed by atoms with Gasteiger partial charge in [0.2, 0.25) is 0 Å². The van der Waals surface area contributed by atoms with Crippen LogP contribution in [0.5, 0.6) is 11.5 Å². The van der Waals surface area contributed by atoms with Crippen LogP contribution in [0.4, 0.5) is 0 Å². The number of rotatable bonds is 9. The Morgan fingerprint density at radius 3 is 2.85 bits per heavy atom. The fourth-order valence-electron chi connectivity index (χ4n) is 2.68. The number of amides is 1. The summed E-state index contributed by atoms with van der Waals surface area (Å²) in [7, 11) is 0. The zero-order chi connectivity index (χ0) is 19.6. The predicted octanol–water partition coefficient (Wildman–Crippen LogP) is 3.32. The van der Waals surface area contributed by atoms with Gasteiger partial charge in [0, 0.05) is 13.2 Å². The number of benzene rings is 1. The Morgan fingerprint density at radius 1 is 1.41 bits per heavy atom. The van der Waals surface area contributed by atoms with E-state index in [0.717, 1.165) is 19.4 Å². The SMILES string of the molecule is CCOc1cc(/C=C(\C#N)C(=O)NC[C@H]2CCCO2)ccc1OCC(C)C. The zero-order valence-electron chi connectivity index (χ0n) is 16.3. The second-order valence-corrected chi connectivity index (χ2v) is 6.86. The monoisotopic (exact) mass is 372 g/mol. The number of hydrogen-bond acceptors (Lipinski definition) is 5. The molecule has 1 aliphatic heterocycles. The van der Waals surface area contributed by atoms with Crippen LogP contribution in [0.15, 0.2) is 23.8 Å². The summed E-state index contributed by atoms with van der Waals surface area (Å²) in [5.41, 5.74) is 0.755. The second kappa shape index (κ2) is 10.6. The van der Waals surface area contributed by atoms with E-state index in [9.17, 15) is 10.1 Å². The molecule has 1 N–H and O–H groups in total. The van der Waals surface area contributed by atoms with Gasteiger partial charge in [-0.2, -0.15) is 5.26 Å². The Bertz CT molecular complexity index is 701. The molecule has 0 aromatic heterocycles. The van der Waals surface area contributed by atoms with Gasteiger partial charge in [-0.25, -0.2) is 0 Å². The van der Waals surface area contributed by atoms with E-state index in [1.807, 2.05) is 19.1 Å². The van der Waals surface area contributed by atoms with Gasteiger partial charge in [-0.1, -0.05) is 19.9 Å². The summed E-state index contributed by atoms with van der Waals surface area (Å²) in [4.78, 5) is 12.3. The van der Waals surface area contributed by atoms with Gasteiger partial charge in [-0.3, -0.25) is 4.79 Å². The van der Waals surface area contributed by atoms with Crippen LogP contribution >= 0.6 is 0 Å². The summed E-state index contributed by atoms with van der Waals surface area (Å²) in [6, 6.07) is 7.36. The topological polar surface area (TPSA) is 80.6 Å². The molecule has 0 radical (unpaired) electrons. The zero-order valence-corrected chi connectivity index (χ0v) is 16.3. The van der Waals surface area contributed by atoms with Gasteiger partial charge in [0.15, 0.2) is 11.5 Å². The van der Waals surface area contributed by atoms with Gasteiger partial charge < -0.3 is 19.5 Å². The van der Waals surface area contributed by atoms with Crippen molar-refractivity contribution in [2.75, 3.05) is 26.4 Å². The highest BCUT2D eigenvalue weighted by molar-refractivity contribution is 6.01. The molecular weight excluding hydrogens is 344 g/mol. The smallest absolute Gasteiger partial charge is 0.262 e. The summed E-state index contributed by atoms with van der Waals surface area (Å²) in [5, 5.41) is 12.1. The van der Waals surface area contributed by atoms with Crippen LogP contribution in [0.25, 0.3) is 6.08 Å². The van der Waals surface area contributed by atoms with Gasteiger partial charge in [0.25, 0.3) is 5.91 Å². The predicted molar refractivity (Wildman–Crippen MR) is 104 cm³/mol. The third-order valence-electron chi connectivity index (χ3n) is 4.03. The number of nitrogens with zero attached hydrogens (tertiary/aromatic N) is 1. The molecule has 0 spiro atoms. The van der Waals surface area contributed by atoms with E-state index < -0.39 is 5.91 Å². The average molecular weight is 372 g/mol. The number of nitriles is 1. The van der Waals surface area contributed by atoms with Crippen LogP contribution in [0.2, 0.25) is 0 Å². The number of carbonyl (C=O) groups excluding carboxylic acids is 1. The van der Waals surface area contributed by atoms with Gasteiger partial charge in [-0.05, 0) is 49.5 Å². The Kier molecular flexibility index (Phi) is 8.15. The maximum absolute atomic E-state index is 12.3. The van der Waals surface area contributed by atoms with Gasteiger partial charge in [0.05, 0.1) is 19.3 Å². The molecule has 1 aromatic carbocycles. The highest BCUT2D eigenvalue weighted by Gasteiger charge is 2.17. The third-order valence-corrected chi connectivity index (χ3v) is 4.03. The first kappa shape index (κ1) is 20.8. The van der Waals surface area contributed by atoms with Crippen LogP contribution in [-0.4, -0.2) is 38.4 Å². The maximum Gasteiger partial charge on any atom is 0.262 e. The first-order valence-corrected chi connectivity index (χ1v) is 9.44. The van der Waals surface area contributed by atoms with E-state index in [-0.39, 0.29) is 11.7 Å². The first-order valence-electron chi connectivity index (χ1n) is 9.44. The van der Waals surface area contributed by atoms with Crippen molar-refractivity contribution in [3.8, 4) is 17.6 Å². The molecule has 0 bridgehead atoms. The van der Waals surface area contributed by atoms with Crippen molar-refractivity contribution in [3.63, 3.8) is 0 Å². The van der Waals surface area contributed by atoms with Gasteiger partial charge in [0.1, 0.15) is 11.6 Å². The molecule has 1 aromatic rings. The molecule has 0 aliphatic carbocycles. The lowest BCUT2D eigenvalue weighted by Crippen LogP contribution is -2.32. The fourth-order valence-corrected chi connectivity index (χ4v) is 2.68. The summed E-state index contributed by atoms with van der Waals surface area (Å²) >= 11 is 0. The molecule has 1 saturated heterocycles. The Morgan fingerprint density at radius 2 is 2.22 bits per heavy atom. The summed E-state index contributed by atoms with van der Waals surface area (Å²) < 4.78 is 16.9. The molecule has 146 valence electrons. The largest absolute Gasteiger partial charge is 0.490 e. The van der Waals surface area contributed by atoms with E-state index in [4.69, 9.17) is 14.2 Å². The van der Waals surface area contributed by atoms with Crippen molar-refractivity contribution in [1.29, 1.82) is 5.26 Å². The van der Waals surface area contributed by atoms with E-state index >= 15 is 0 Å². The van der Waals surface area contributed by atoms with Crippen molar-refractivity contribution in [2.24, 2.45) is 5.92 Å². The Labute approximate surface area is 161 Å². The quantitative estimate of drug-likeness (QED) is 0.531. The van der Waals surface area contributed by atoms with Crippen LogP contribution in [0.1, 0.15) is 39.2 Å². The molecule has 0 unspecified atom stereocenters. The molecule has 1 aliphatic rings. The highest BCUT2D eigenvalue weighted by atomic mass is 16.5. The average Bonchev–Trinajstić information content (AvgIpc) is 3.17. The lowest BCUT2D eigenvalue weighted by atomic mass is 10.1. The van der Waals surface area contributed by atoms with Crippen molar-refractivity contribution >= 4 is 12.0 Å². The minimum Gasteiger partial charge on any atom is -0.490 e. The lowest BCUT2D eigenvalue weighted by molar-refractivity contribution is -0.117. The molecule has 27 heavy (non-hydrogen) atoms. The Balaban J connectivity index is 2.09. The summed E-state index contributed by atoms with van der Waals surface area (Å²) in [6.07, 6.45) is 3.53. The molecule has 1 atom stereocenters. The second-order valence-electron chi connectivity index (χ2n) is 6.86. The number of ether oxygens (including phenoxy) is 3. The van der Waals surface area contributed by atoms with E-state index in [1.54, 1.807) is 18.2 Å².